The second kappa shape index (κ2) is 7.71. The van der Waals surface area contributed by atoms with Gasteiger partial charge in [-0.1, -0.05) is 35.9 Å². The van der Waals surface area contributed by atoms with E-state index in [0.29, 0.717) is 28.1 Å². The van der Waals surface area contributed by atoms with Crippen molar-refractivity contribution in [2.75, 3.05) is 6.26 Å². The smallest absolute Gasteiger partial charge is 0.151 e. The molecular weight excluding hydrogens is 387 g/mol. The summed E-state index contributed by atoms with van der Waals surface area (Å²) < 4.78 is 38.0. The van der Waals surface area contributed by atoms with Crippen LogP contribution < -0.4 is 0 Å². The molecule has 0 amide bonds. The molecule has 0 radical (unpaired) electrons. The molecule has 4 nitrogen and oxygen atoms in total. The van der Waals surface area contributed by atoms with Gasteiger partial charge in [0.2, 0.25) is 0 Å². The number of aromatic nitrogens is 1. The molecule has 0 saturated heterocycles. The second-order valence-electron chi connectivity index (χ2n) is 6.57. The lowest BCUT2D eigenvalue weighted by Crippen LogP contribution is -2.04. The number of fused-ring (bicyclic) bond motifs is 1. The Hall–Kier alpha value is -2.36. The first-order valence-electron chi connectivity index (χ1n) is 8.38. The topological polar surface area (TPSA) is 73.7 Å². The number of nitrogens with one attached hydrogen (secondary N) is 1. The minimum atomic E-state index is -3.20. The third-order valence-electron chi connectivity index (χ3n) is 4.51. The fourth-order valence-corrected chi connectivity index (χ4v) is 4.37. The maximum absolute atomic E-state index is 14.6. The number of hydrogen-bond donors (Lipinski definition) is 1. The van der Waals surface area contributed by atoms with Crippen molar-refractivity contribution in [3.8, 4) is 6.07 Å². The minimum absolute atomic E-state index is 0.0809. The lowest BCUT2D eigenvalue weighted by Gasteiger charge is -2.17. The van der Waals surface area contributed by atoms with E-state index in [0.717, 1.165) is 10.9 Å². The SMILES string of the molecule is CS(=O)(=O)Cc1cccc2c(C(CCC#N)c3ccc(Cl)cc3F)c[nH]c12. The molecule has 0 aliphatic rings. The molecule has 1 unspecified atom stereocenters. The van der Waals surface area contributed by atoms with Crippen molar-refractivity contribution in [2.24, 2.45) is 0 Å². The van der Waals surface area contributed by atoms with Crippen LogP contribution in [0.5, 0.6) is 0 Å². The van der Waals surface area contributed by atoms with E-state index in [4.69, 9.17) is 16.9 Å². The summed E-state index contributed by atoms with van der Waals surface area (Å²) in [5.74, 6) is -0.848. The Balaban J connectivity index is 2.14. The molecule has 1 aromatic heterocycles. The third kappa shape index (κ3) is 4.32. The zero-order valence-corrected chi connectivity index (χ0v) is 16.2. The van der Waals surface area contributed by atoms with E-state index >= 15 is 0 Å². The van der Waals surface area contributed by atoms with E-state index in [1.807, 2.05) is 6.07 Å². The van der Waals surface area contributed by atoms with E-state index in [1.54, 1.807) is 30.5 Å². The van der Waals surface area contributed by atoms with Crippen LogP contribution in [0.4, 0.5) is 4.39 Å². The average Bonchev–Trinajstić information content (AvgIpc) is 3.00. The van der Waals surface area contributed by atoms with Gasteiger partial charge in [0.05, 0.1) is 11.8 Å². The van der Waals surface area contributed by atoms with Gasteiger partial charge in [-0.3, -0.25) is 0 Å². The number of rotatable bonds is 6. The quantitative estimate of drug-likeness (QED) is 0.632. The van der Waals surface area contributed by atoms with Crippen LogP contribution >= 0.6 is 11.6 Å². The first-order chi connectivity index (χ1) is 12.8. The first-order valence-corrected chi connectivity index (χ1v) is 10.8. The first kappa shape index (κ1) is 19.4. The van der Waals surface area contributed by atoms with Crippen molar-refractivity contribution in [3.63, 3.8) is 0 Å². The highest BCUT2D eigenvalue weighted by Crippen LogP contribution is 2.37. The van der Waals surface area contributed by atoms with Gasteiger partial charge in [0, 0.05) is 40.7 Å². The molecule has 1 atom stereocenters. The number of hydrogen-bond acceptors (Lipinski definition) is 3. The molecule has 0 saturated carbocycles. The molecule has 3 aromatic rings. The van der Waals surface area contributed by atoms with Crippen LogP contribution in [0.3, 0.4) is 0 Å². The summed E-state index contributed by atoms with van der Waals surface area (Å²) in [5.41, 5.74) is 2.67. The number of aromatic amines is 1. The molecule has 0 fully saturated rings. The predicted molar refractivity (Wildman–Crippen MR) is 105 cm³/mol. The Kier molecular flexibility index (Phi) is 5.54. The summed E-state index contributed by atoms with van der Waals surface area (Å²) in [7, 11) is -3.20. The van der Waals surface area contributed by atoms with Crippen molar-refractivity contribution >= 4 is 32.3 Å². The molecule has 0 aliphatic carbocycles. The Morgan fingerprint density at radius 1 is 1.26 bits per heavy atom. The summed E-state index contributed by atoms with van der Waals surface area (Å²) in [6, 6.07) is 12.1. The van der Waals surface area contributed by atoms with Crippen LogP contribution in [0.15, 0.2) is 42.6 Å². The fourth-order valence-electron chi connectivity index (χ4n) is 3.40. The van der Waals surface area contributed by atoms with Crippen molar-refractivity contribution < 1.29 is 12.8 Å². The summed E-state index contributed by atoms with van der Waals surface area (Å²) in [6.07, 6.45) is 3.67. The van der Waals surface area contributed by atoms with Gasteiger partial charge in [0.15, 0.2) is 9.84 Å². The summed E-state index contributed by atoms with van der Waals surface area (Å²) in [4.78, 5) is 3.14. The standard InChI is InChI=1S/C20H18ClFN2O2S/c1-27(25,26)12-13-4-2-5-17-18(11-24-20(13)17)15(6-3-9-23)16-8-7-14(21)10-19(16)22/h2,4-5,7-8,10-11,15,24H,3,6,12H2,1H3. The summed E-state index contributed by atoms with van der Waals surface area (Å²) >= 11 is 5.87. The number of benzene rings is 2. The van der Waals surface area contributed by atoms with E-state index in [1.165, 1.54) is 12.3 Å². The van der Waals surface area contributed by atoms with Crippen LogP contribution in [0.2, 0.25) is 5.02 Å². The number of nitrogens with zero attached hydrogens (tertiary/aromatic N) is 1. The van der Waals surface area contributed by atoms with Crippen LogP contribution in [0, 0.1) is 17.1 Å². The van der Waals surface area contributed by atoms with Gasteiger partial charge in [-0.15, -0.1) is 0 Å². The Morgan fingerprint density at radius 2 is 2.04 bits per heavy atom. The van der Waals surface area contributed by atoms with Crippen molar-refractivity contribution in [1.29, 1.82) is 5.26 Å². The Bertz CT molecular complexity index is 1130. The van der Waals surface area contributed by atoms with Crippen LogP contribution in [-0.4, -0.2) is 19.7 Å². The highest BCUT2D eigenvalue weighted by molar-refractivity contribution is 7.89. The fraction of sp³-hybridized carbons (Fsp3) is 0.250. The Labute approximate surface area is 162 Å². The lowest BCUT2D eigenvalue weighted by atomic mass is 9.87. The normalized spacial score (nSPS) is 12.8. The zero-order valence-electron chi connectivity index (χ0n) is 14.7. The molecular formula is C20H18ClFN2O2S. The molecule has 27 heavy (non-hydrogen) atoms. The highest BCUT2D eigenvalue weighted by Gasteiger charge is 2.22. The molecule has 0 aliphatic heterocycles. The van der Waals surface area contributed by atoms with Crippen molar-refractivity contribution in [3.05, 3.63) is 70.1 Å². The molecule has 3 rings (SSSR count). The molecule has 7 heteroatoms. The number of nitriles is 1. The lowest BCUT2D eigenvalue weighted by molar-refractivity contribution is 0.588. The molecule has 2 aromatic carbocycles. The van der Waals surface area contributed by atoms with Crippen LogP contribution in [-0.2, 0) is 15.6 Å². The number of para-hydroxylation sites is 1. The Morgan fingerprint density at radius 3 is 2.70 bits per heavy atom. The van der Waals surface area contributed by atoms with Gasteiger partial charge in [0.25, 0.3) is 0 Å². The van der Waals surface area contributed by atoms with Crippen LogP contribution in [0.1, 0.15) is 35.4 Å². The van der Waals surface area contributed by atoms with Gasteiger partial charge >= 0.3 is 0 Å². The molecule has 0 bridgehead atoms. The molecule has 1 N–H and O–H groups in total. The van der Waals surface area contributed by atoms with E-state index in [9.17, 15) is 12.8 Å². The molecule has 0 spiro atoms. The third-order valence-corrected chi connectivity index (χ3v) is 5.58. The van der Waals surface area contributed by atoms with Gasteiger partial charge < -0.3 is 4.98 Å². The van der Waals surface area contributed by atoms with Crippen molar-refractivity contribution in [1.82, 2.24) is 4.98 Å². The molecule has 1 heterocycles. The van der Waals surface area contributed by atoms with Crippen LogP contribution in [0.25, 0.3) is 10.9 Å². The molecule has 140 valence electrons. The number of halogens is 2. The predicted octanol–water partition coefficient (Wildman–Crippen LogP) is 4.94. The zero-order chi connectivity index (χ0) is 19.6. The van der Waals surface area contributed by atoms with E-state index in [-0.39, 0.29) is 18.1 Å². The average molecular weight is 405 g/mol. The van der Waals surface area contributed by atoms with E-state index < -0.39 is 15.7 Å². The second-order valence-corrected chi connectivity index (χ2v) is 9.15. The highest BCUT2D eigenvalue weighted by atomic mass is 35.5. The monoisotopic (exact) mass is 404 g/mol. The largest absolute Gasteiger partial charge is 0.361 e. The van der Waals surface area contributed by atoms with Gasteiger partial charge in [0.1, 0.15) is 5.82 Å². The van der Waals surface area contributed by atoms with Gasteiger partial charge in [-0.2, -0.15) is 5.26 Å². The number of H-pyrrole nitrogens is 1. The van der Waals surface area contributed by atoms with Gasteiger partial charge in [-0.25, -0.2) is 12.8 Å². The maximum atomic E-state index is 14.6. The minimum Gasteiger partial charge on any atom is -0.361 e. The number of sulfone groups is 1. The summed E-state index contributed by atoms with van der Waals surface area (Å²) in [5, 5.41) is 10.2. The van der Waals surface area contributed by atoms with Gasteiger partial charge in [-0.05, 0) is 35.2 Å². The maximum Gasteiger partial charge on any atom is 0.151 e. The summed E-state index contributed by atoms with van der Waals surface area (Å²) in [6.45, 7) is 0. The van der Waals surface area contributed by atoms with Crippen molar-refractivity contribution in [2.45, 2.75) is 24.5 Å². The van der Waals surface area contributed by atoms with E-state index in [2.05, 4.69) is 11.1 Å².